The van der Waals surface area contributed by atoms with E-state index in [0.29, 0.717) is 0 Å². The number of rotatable bonds is 3. The van der Waals surface area contributed by atoms with Gasteiger partial charge in [0.1, 0.15) is 12.1 Å². The highest BCUT2D eigenvalue weighted by molar-refractivity contribution is 7.18. The van der Waals surface area contributed by atoms with E-state index in [-0.39, 0.29) is 0 Å². The van der Waals surface area contributed by atoms with E-state index < -0.39 is 0 Å². The molecule has 90 valence electrons. The summed E-state index contributed by atoms with van der Waals surface area (Å²) in [6, 6.07) is 10.3. The molecule has 3 rings (SSSR count). The first kappa shape index (κ1) is 11.2. The Bertz CT molecular complexity index is 661. The summed E-state index contributed by atoms with van der Waals surface area (Å²) in [5, 5.41) is 5.49. The molecule has 0 aliphatic carbocycles. The molecule has 0 bridgehead atoms. The number of hydrogen-bond acceptors (Lipinski definition) is 4. The Labute approximate surface area is 110 Å². The molecule has 0 amide bonds. The Kier molecular flexibility index (Phi) is 2.94. The van der Waals surface area contributed by atoms with Gasteiger partial charge < -0.3 is 5.32 Å². The molecular weight excluding hydrogens is 242 g/mol. The van der Waals surface area contributed by atoms with Gasteiger partial charge in [-0.25, -0.2) is 9.97 Å². The van der Waals surface area contributed by atoms with E-state index in [1.807, 2.05) is 18.2 Å². The van der Waals surface area contributed by atoms with Crippen molar-refractivity contribution < 1.29 is 0 Å². The molecule has 0 atom stereocenters. The molecule has 2 heterocycles. The van der Waals surface area contributed by atoms with Crippen LogP contribution in [0.2, 0.25) is 0 Å². The van der Waals surface area contributed by atoms with Crippen LogP contribution in [0.1, 0.15) is 11.1 Å². The number of anilines is 1. The van der Waals surface area contributed by atoms with Gasteiger partial charge in [0, 0.05) is 6.54 Å². The Balaban J connectivity index is 1.87. The number of benzene rings is 1. The average Bonchev–Trinajstić information content (AvgIpc) is 2.80. The highest BCUT2D eigenvalue weighted by atomic mass is 32.1. The average molecular weight is 255 g/mol. The number of hydrogen-bond donors (Lipinski definition) is 1. The second-order valence-electron chi connectivity index (χ2n) is 4.16. The molecule has 1 N–H and O–H groups in total. The van der Waals surface area contributed by atoms with Crippen molar-refractivity contribution in [3.8, 4) is 0 Å². The van der Waals surface area contributed by atoms with Crippen molar-refractivity contribution in [1.29, 1.82) is 0 Å². The smallest absolute Gasteiger partial charge is 0.147 e. The van der Waals surface area contributed by atoms with Gasteiger partial charge in [0.15, 0.2) is 0 Å². The van der Waals surface area contributed by atoms with Gasteiger partial charge in [-0.2, -0.15) is 0 Å². The van der Waals surface area contributed by atoms with Crippen LogP contribution in [0.4, 0.5) is 5.82 Å². The van der Waals surface area contributed by atoms with Crippen LogP contribution in [-0.4, -0.2) is 9.97 Å². The van der Waals surface area contributed by atoms with Gasteiger partial charge in [-0.05, 0) is 23.4 Å². The number of aromatic nitrogens is 2. The molecule has 0 aliphatic rings. The lowest BCUT2D eigenvalue weighted by atomic mass is 10.2. The minimum absolute atomic E-state index is 0.782. The number of aryl methyl sites for hydroxylation is 1. The predicted octanol–water partition coefficient (Wildman–Crippen LogP) is 3.61. The van der Waals surface area contributed by atoms with E-state index in [1.54, 1.807) is 17.7 Å². The van der Waals surface area contributed by atoms with E-state index in [1.165, 1.54) is 11.1 Å². The fourth-order valence-electron chi connectivity index (χ4n) is 1.88. The van der Waals surface area contributed by atoms with Crippen LogP contribution in [-0.2, 0) is 6.54 Å². The predicted molar refractivity (Wildman–Crippen MR) is 75.9 cm³/mol. The molecule has 0 aliphatic heterocycles. The third-order valence-electron chi connectivity index (χ3n) is 2.83. The lowest BCUT2D eigenvalue weighted by Crippen LogP contribution is -2.01. The Morgan fingerprint density at radius 3 is 2.83 bits per heavy atom. The monoisotopic (exact) mass is 255 g/mol. The zero-order valence-electron chi connectivity index (χ0n) is 10.1. The molecule has 0 saturated heterocycles. The third kappa shape index (κ3) is 2.07. The van der Waals surface area contributed by atoms with Gasteiger partial charge in [-0.15, -0.1) is 11.3 Å². The molecule has 0 fully saturated rings. The van der Waals surface area contributed by atoms with Gasteiger partial charge in [0.05, 0.1) is 10.2 Å². The Morgan fingerprint density at radius 2 is 2.00 bits per heavy atom. The minimum Gasteiger partial charge on any atom is -0.365 e. The summed E-state index contributed by atoms with van der Waals surface area (Å²) < 4.78 is 1.13. The second-order valence-corrected chi connectivity index (χ2v) is 5.04. The van der Waals surface area contributed by atoms with Crippen molar-refractivity contribution in [3.63, 3.8) is 0 Å². The molecular formula is C14H13N3S. The van der Waals surface area contributed by atoms with Crippen LogP contribution in [0.25, 0.3) is 10.2 Å². The summed E-state index contributed by atoms with van der Waals surface area (Å²) in [7, 11) is 0. The largest absolute Gasteiger partial charge is 0.365 e. The topological polar surface area (TPSA) is 37.8 Å². The first-order valence-corrected chi connectivity index (χ1v) is 6.69. The van der Waals surface area contributed by atoms with E-state index in [4.69, 9.17) is 0 Å². The van der Waals surface area contributed by atoms with Crippen LogP contribution >= 0.6 is 11.3 Å². The number of nitrogens with one attached hydrogen (secondary N) is 1. The van der Waals surface area contributed by atoms with Crippen molar-refractivity contribution >= 4 is 27.4 Å². The summed E-state index contributed by atoms with van der Waals surface area (Å²) in [6.07, 6.45) is 1.62. The van der Waals surface area contributed by atoms with Crippen LogP contribution in [0.3, 0.4) is 0 Å². The molecule has 0 spiro atoms. The highest BCUT2D eigenvalue weighted by Gasteiger charge is 2.07. The van der Waals surface area contributed by atoms with E-state index in [2.05, 4.69) is 39.7 Å². The van der Waals surface area contributed by atoms with Crippen molar-refractivity contribution in [2.75, 3.05) is 5.32 Å². The lowest BCUT2D eigenvalue weighted by Gasteiger charge is -2.06. The molecule has 18 heavy (non-hydrogen) atoms. The quantitative estimate of drug-likeness (QED) is 0.777. The standard InChI is InChI=1S/C14H13N3S/c1-10-8-18-13-12(10)16-9-17-14(13)15-7-11-5-3-2-4-6-11/h2-6,8-9H,7H2,1H3,(H,15,16,17). The zero-order valence-corrected chi connectivity index (χ0v) is 10.9. The zero-order chi connectivity index (χ0) is 12.4. The van der Waals surface area contributed by atoms with Crippen molar-refractivity contribution in [2.24, 2.45) is 0 Å². The normalized spacial score (nSPS) is 10.7. The molecule has 3 nitrogen and oxygen atoms in total. The highest BCUT2D eigenvalue weighted by Crippen LogP contribution is 2.28. The summed E-state index contributed by atoms with van der Waals surface area (Å²) in [6.45, 7) is 2.86. The minimum atomic E-state index is 0.782. The van der Waals surface area contributed by atoms with Crippen LogP contribution < -0.4 is 5.32 Å². The molecule has 0 radical (unpaired) electrons. The molecule has 2 aromatic heterocycles. The number of thiophene rings is 1. The van der Waals surface area contributed by atoms with Gasteiger partial charge in [-0.1, -0.05) is 30.3 Å². The molecule has 0 saturated carbocycles. The summed E-state index contributed by atoms with van der Waals surface area (Å²) in [5.41, 5.74) is 3.50. The summed E-state index contributed by atoms with van der Waals surface area (Å²) in [4.78, 5) is 8.64. The lowest BCUT2D eigenvalue weighted by molar-refractivity contribution is 1.10. The third-order valence-corrected chi connectivity index (χ3v) is 3.93. The fraction of sp³-hybridized carbons (Fsp3) is 0.143. The van der Waals surface area contributed by atoms with Crippen LogP contribution in [0.15, 0.2) is 42.0 Å². The van der Waals surface area contributed by atoms with E-state index in [0.717, 1.165) is 22.6 Å². The first-order chi connectivity index (χ1) is 8.84. The SMILES string of the molecule is Cc1csc2c(NCc3ccccc3)ncnc12. The number of nitrogens with zero attached hydrogens (tertiary/aromatic N) is 2. The second kappa shape index (κ2) is 4.74. The van der Waals surface area contributed by atoms with Gasteiger partial charge in [0.25, 0.3) is 0 Å². The Morgan fingerprint density at radius 1 is 1.17 bits per heavy atom. The van der Waals surface area contributed by atoms with Crippen molar-refractivity contribution in [3.05, 3.63) is 53.2 Å². The summed E-state index contributed by atoms with van der Waals surface area (Å²) in [5.74, 6) is 0.918. The van der Waals surface area contributed by atoms with Crippen LogP contribution in [0, 0.1) is 6.92 Å². The first-order valence-electron chi connectivity index (χ1n) is 5.81. The van der Waals surface area contributed by atoms with Gasteiger partial charge in [-0.3, -0.25) is 0 Å². The molecule has 3 aromatic rings. The molecule has 1 aromatic carbocycles. The maximum atomic E-state index is 4.32. The maximum absolute atomic E-state index is 4.32. The number of fused-ring (bicyclic) bond motifs is 1. The Hall–Kier alpha value is -1.94. The fourth-order valence-corrected chi connectivity index (χ4v) is 2.85. The molecule has 4 heteroatoms. The van der Waals surface area contributed by atoms with E-state index >= 15 is 0 Å². The van der Waals surface area contributed by atoms with Crippen molar-refractivity contribution in [2.45, 2.75) is 13.5 Å². The summed E-state index contributed by atoms with van der Waals surface area (Å²) >= 11 is 1.69. The molecule has 0 unspecified atom stereocenters. The van der Waals surface area contributed by atoms with Crippen molar-refractivity contribution in [1.82, 2.24) is 9.97 Å². The van der Waals surface area contributed by atoms with Gasteiger partial charge in [0.2, 0.25) is 0 Å². The van der Waals surface area contributed by atoms with Crippen LogP contribution in [0.5, 0.6) is 0 Å². The van der Waals surface area contributed by atoms with Gasteiger partial charge >= 0.3 is 0 Å². The van der Waals surface area contributed by atoms with E-state index in [9.17, 15) is 0 Å². The maximum Gasteiger partial charge on any atom is 0.147 e.